The lowest BCUT2D eigenvalue weighted by molar-refractivity contribution is -0.141. The molecule has 1 aliphatic carbocycles. The van der Waals surface area contributed by atoms with Crippen molar-refractivity contribution in [2.75, 3.05) is 20.6 Å². The highest BCUT2D eigenvalue weighted by Crippen LogP contribution is 2.46. The fourth-order valence-corrected chi connectivity index (χ4v) is 9.70. The lowest BCUT2D eigenvalue weighted by atomic mass is 10.0. The van der Waals surface area contributed by atoms with E-state index in [1.54, 1.807) is 20.8 Å². The number of allylic oxidation sites excluding steroid dienone is 1. The summed E-state index contributed by atoms with van der Waals surface area (Å²) in [5.74, 6) is -2.51. The zero-order chi connectivity index (χ0) is 45.4. The first-order chi connectivity index (χ1) is 29.8. The van der Waals surface area contributed by atoms with E-state index in [1.807, 2.05) is 79.3 Å². The number of alkyl carbamates (subject to hydrolysis) is 1. The first kappa shape index (κ1) is 45.7. The number of para-hydroxylation sites is 1. The van der Waals surface area contributed by atoms with Crippen LogP contribution in [-0.4, -0.2) is 106 Å². The Bertz CT molecular complexity index is 2530. The number of fused-ring (bicyclic) bond motifs is 3. The molecule has 2 aromatic carbocycles. The van der Waals surface area contributed by atoms with Crippen LogP contribution in [0.5, 0.6) is 6.01 Å². The third-order valence-electron chi connectivity index (χ3n) is 11.6. The van der Waals surface area contributed by atoms with Crippen molar-refractivity contribution in [3.63, 3.8) is 0 Å². The third kappa shape index (κ3) is 10.1. The van der Waals surface area contributed by atoms with E-state index < -0.39 is 69.3 Å². The van der Waals surface area contributed by atoms with Crippen LogP contribution in [-0.2, 0) is 29.3 Å². The van der Waals surface area contributed by atoms with Crippen molar-refractivity contribution in [1.82, 2.24) is 39.1 Å². The summed E-state index contributed by atoms with van der Waals surface area (Å²) >= 11 is 1.52. The minimum atomic E-state index is -4.19. The topological polar surface area (TPSA) is 194 Å². The van der Waals surface area contributed by atoms with Gasteiger partial charge >= 0.3 is 16.3 Å². The number of nitrogens with one attached hydrogen (secondary N) is 3. The molecule has 4 heterocycles. The Morgan fingerprint density at radius 2 is 1.83 bits per heavy atom. The Balaban J connectivity index is 1.23. The van der Waals surface area contributed by atoms with Gasteiger partial charge in [0.2, 0.25) is 11.8 Å². The Kier molecular flexibility index (Phi) is 13.1. The van der Waals surface area contributed by atoms with Gasteiger partial charge in [0.25, 0.3) is 11.9 Å². The zero-order valence-corrected chi connectivity index (χ0v) is 38.8. The summed E-state index contributed by atoms with van der Waals surface area (Å²) < 4.78 is 42.9. The number of thiazole rings is 1. The van der Waals surface area contributed by atoms with E-state index in [9.17, 15) is 27.6 Å². The lowest BCUT2D eigenvalue weighted by Gasteiger charge is -2.30. The number of imidazole rings is 1. The largest absolute Gasteiger partial charge is 0.459 e. The van der Waals surface area contributed by atoms with E-state index in [0.29, 0.717) is 30.8 Å². The first-order valence-electron chi connectivity index (χ1n) is 21.5. The van der Waals surface area contributed by atoms with Crippen LogP contribution in [0.15, 0.2) is 60.0 Å². The normalized spacial score (nSPS) is 23.4. The molecule has 0 bridgehead atoms. The van der Waals surface area contributed by atoms with Crippen molar-refractivity contribution in [3.05, 3.63) is 65.6 Å². The molecule has 2 aliphatic heterocycles. The molecule has 1 saturated heterocycles. The van der Waals surface area contributed by atoms with Gasteiger partial charge < -0.3 is 25.0 Å². The average Bonchev–Trinajstić information content (AvgIpc) is 3.55. The number of rotatable bonds is 9. The maximum atomic E-state index is 14.7. The Labute approximate surface area is 373 Å². The van der Waals surface area contributed by atoms with Gasteiger partial charge in [0, 0.05) is 49.0 Å². The number of aryl methyl sites for hydroxylation is 1. The molecule has 0 unspecified atom stereocenters. The van der Waals surface area contributed by atoms with Crippen LogP contribution in [0.2, 0.25) is 0 Å². The molecule has 0 spiro atoms. The number of benzene rings is 2. The molecule has 4 amide bonds. The third-order valence-corrected chi connectivity index (χ3v) is 13.8. The number of hydrogen-bond acceptors (Lipinski definition) is 11. The van der Waals surface area contributed by atoms with Crippen LogP contribution in [0, 0.1) is 12.8 Å². The number of aromatic nitrogens is 3. The Morgan fingerprint density at radius 3 is 2.54 bits per heavy atom. The Morgan fingerprint density at radius 1 is 1.06 bits per heavy atom. The van der Waals surface area contributed by atoms with Gasteiger partial charge in [0.05, 0.1) is 17.8 Å². The van der Waals surface area contributed by atoms with Gasteiger partial charge in [0.1, 0.15) is 39.9 Å². The van der Waals surface area contributed by atoms with Crippen molar-refractivity contribution in [3.8, 4) is 27.8 Å². The molecule has 3 aliphatic rings. The van der Waals surface area contributed by atoms with Crippen LogP contribution in [0.1, 0.15) is 91.2 Å². The van der Waals surface area contributed by atoms with Gasteiger partial charge in [-0.25, -0.2) is 14.5 Å². The van der Waals surface area contributed by atoms with Crippen molar-refractivity contribution < 1.29 is 37.1 Å². The van der Waals surface area contributed by atoms with Crippen molar-refractivity contribution >= 4 is 56.4 Å². The molecule has 7 rings (SSSR count). The molecule has 4 aromatic rings. The number of amides is 4. The van der Waals surface area contributed by atoms with Gasteiger partial charge in [-0.2, -0.15) is 17.7 Å². The molecule has 2 fully saturated rings. The number of ether oxygens (including phenoxy) is 2. The summed E-state index contributed by atoms with van der Waals surface area (Å²) in [5, 5.41) is 8.47. The maximum absolute atomic E-state index is 14.7. The molecule has 63 heavy (non-hydrogen) atoms. The minimum Gasteiger partial charge on any atom is -0.459 e. The lowest BCUT2D eigenvalue weighted by Crippen LogP contribution is -2.58. The molecular formula is C45H58N8O8S2. The second-order valence-corrected chi connectivity index (χ2v) is 20.9. The molecule has 2 aromatic heterocycles. The van der Waals surface area contributed by atoms with E-state index >= 15 is 0 Å². The average molecular weight is 903 g/mol. The van der Waals surface area contributed by atoms with Gasteiger partial charge in [-0.05, 0) is 85.4 Å². The predicted octanol–water partition coefficient (Wildman–Crippen LogP) is 6.28. The van der Waals surface area contributed by atoms with Gasteiger partial charge in [-0.15, -0.1) is 11.3 Å². The highest BCUT2D eigenvalue weighted by molar-refractivity contribution is 7.87. The molecule has 338 valence electrons. The van der Waals surface area contributed by atoms with E-state index in [0.717, 1.165) is 50.1 Å². The summed E-state index contributed by atoms with van der Waals surface area (Å²) in [7, 11) is -1.59. The fraction of sp³-hybridized carbons (Fsp3) is 0.511. The molecule has 3 N–H and O–H groups in total. The van der Waals surface area contributed by atoms with Crippen LogP contribution in [0.25, 0.3) is 32.9 Å². The number of carbonyl (C=O) groups is 4. The van der Waals surface area contributed by atoms with Crippen LogP contribution in [0.4, 0.5) is 4.79 Å². The van der Waals surface area contributed by atoms with E-state index in [1.165, 1.54) is 30.3 Å². The predicted molar refractivity (Wildman–Crippen MR) is 241 cm³/mol. The second-order valence-electron chi connectivity index (χ2n) is 18.2. The van der Waals surface area contributed by atoms with Crippen molar-refractivity contribution in [2.45, 2.75) is 122 Å². The summed E-state index contributed by atoms with van der Waals surface area (Å²) in [6, 6.07) is 12.1. The van der Waals surface area contributed by atoms with Gasteiger partial charge in [-0.1, -0.05) is 54.8 Å². The molecule has 0 radical (unpaired) electrons. The molecule has 1 saturated carbocycles. The summed E-state index contributed by atoms with van der Waals surface area (Å²) in [6.07, 6.45) is 5.55. The molecule has 5 atom stereocenters. The van der Waals surface area contributed by atoms with E-state index in [4.69, 9.17) is 19.4 Å². The van der Waals surface area contributed by atoms with Gasteiger partial charge in [-0.3, -0.25) is 19.0 Å². The number of nitrogens with zero attached hydrogens (tertiary/aromatic N) is 5. The van der Waals surface area contributed by atoms with Crippen molar-refractivity contribution in [2.24, 2.45) is 5.92 Å². The monoisotopic (exact) mass is 902 g/mol. The highest BCUT2D eigenvalue weighted by Gasteiger charge is 2.62. The molecular weight excluding hydrogens is 845 g/mol. The summed E-state index contributed by atoms with van der Waals surface area (Å²) in [4.78, 5) is 67.8. The Hall–Kier alpha value is -5.33. The van der Waals surface area contributed by atoms with E-state index in [-0.39, 0.29) is 25.4 Å². The van der Waals surface area contributed by atoms with Crippen LogP contribution >= 0.6 is 11.3 Å². The summed E-state index contributed by atoms with van der Waals surface area (Å²) in [5.41, 5.74) is 2.95. The van der Waals surface area contributed by atoms with Crippen LogP contribution < -0.4 is 20.1 Å². The van der Waals surface area contributed by atoms with E-state index in [2.05, 4.69) is 21.4 Å². The standard InChI is InChI=1S/C45H58N8O8S2/c1-27(2)53-35-21-15-19-32(39-46-34(26-62-39)29-17-14-16-28(3)22-29)37(35)48-42(53)60-31-23-36-38(54)49-45(41(56)50-63(58,59)51(7)8)24-30(45)18-12-10-9-11-13-20-33(40(55)52(36)25-31)47-43(57)61-44(4,5)6/h12,14-19,21-22,26-27,30-31,33,36H,9-11,13,20,23-25H2,1-8H3,(H,47,57)(H,49,54)(H,50,56)/t30-,31-,33+,36+,45-/m1/s1. The smallest absolute Gasteiger partial charge is 0.408 e. The second kappa shape index (κ2) is 18.0. The fourth-order valence-electron chi connectivity index (χ4n) is 8.25. The summed E-state index contributed by atoms with van der Waals surface area (Å²) in [6.45, 7) is 11.2. The molecule has 16 nitrogen and oxygen atoms in total. The first-order valence-corrected chi connectivity index (χ1v) is 23.8. The van der Waals surface area contributed by atoms with Crippen molar-refractivity contribution in [1.29, 1.82) is 0 Å². The maximum Gasteiger partial charge on any atom is 0.408 e. The highest BCUT2D eigenvalue weighted by atomic mass is 32.2. The number of carbonyl (C=O) groups excluding carboxylic acids is 4. The minimum absolute atomic E-state index is 0.0193. The van der Waals surface area contributed by atoms with Crippen LogP contribution in [0.3, 0.4) is 0 Å². The zero-order valence-electron chi connectivity index (χ0n) is 37.1. The molecule has 18 heteroatoms. The van der Waals surface area contributed by atoms with Gasteiger partial charge in [0.15, 0.2) is 0 Å². The quantitative estimate of drug-likeness (QED) is 0.161. The number of hydrogen-bond donors (Lipinski definition) is 3. The SMILES string of the molecule is Cc1cccc(-c2csc(-c3cccc4c3nc(O[C@@H]3C[C@H]5C(=O)N[C@]6(C(=O)NS(=O)(=O)N(C)C)C[C@H]6C=CCCCCC[C@H](NC(=O)OC(C)(C)C)C(=O)N5C3)n4C(C)C)n2)c1.